The van der Waals surface area contributed by atoms with E-state index in [1.165, 1.54) is 5.56 Å². The summed E-state index contributed by atoms with van der Waals surface area (Å²) >= 11 is 3.54. The van der Waals surface area contributed by atoms with Crippen molar-refractivity contribution < 1.29 is 9.47 Å². The van der Waals surface area contributed by atoms with E-state index in [-0.39, 0.29) is 0 Å². The van der Waals surface area contributed by atoms with Gasteiger partial charge in [-0.3, -0.25) is 0 Å². The first-order valence-corrected chi connectivity index (χ1v) is 7.07. The van der Waals surface area contributed by atoms with Gasteiger partial charge in [0.15, 0.2) is 0 Å². The summed E-state index contributed by atoms with van der Waals surface area (Å²) in [5.41, 5.74) is 2.30. The van der Waals surface area contributed by atoms with Gasteiger partial charge in [-0.2, -0.15) is 0 Å². The van der Waals surface area contributed by atoms with Crippen molar-refractivity contribution in [1.29, 1.82) is 0 Å². The Bertz CT molecular complexity index is 552. The summed E-state index contributed by atoms with van der Waals surface area (Å²) in [5.74, 6) is 1.77. The van der Waals surface area contributed by atoms with Crippen LogP contribution in [0.2, 0.25) is 0 Å². The highest BCUT2D eigenvalue weighted by atomic mass is 79.9. The van der Waals surface area contributed by atoms with E-state index in [1.54, 1.807) is 7.11 Å². The second-order valence-corrected chi connectivity index (χ2v) is 5.08. The molecule has 0 aliphatic heterocycles. The van der Waals surface area contributed by atoms with Crippen molar-refractivity contribution in [3.05, 3.63) is 58.1 Å². The van der Waals surface area contributed by atoms with Crippen LogP contribution in [0, 0.1) is 0 Å². The monoisotopic (exact) mass is 320 g/mol. The molecular weight excluding hydrogens is 304 g/mol. The molecule has 0 heterocycles. The molecule has 100 valence electrons. The molecule has 0 amide bonds. The molecule has 0 N–H and O–H groups in total. The third-order valence-corrected chi connectivity index (χ3v) is 3.57. The number of rotatable bonds is 5. The molecule has 0 aliphatic carbocycles. The summed E-state index contributed by atoms with van der Waals surface area (Å²) in [4.78, 5) is 0. The van der Waals surface area contributed by atoms with Gasteiger partial charge >= 0.3 is 0 Å². The normalized spacial score (nSPS) is 10.3. The Morgan fingerprint density at radius 3 is 2.63 bits per heavy atom. The van der Waals surface area contributed by atoms with E-state index >= 15 is 0 Å². The summed E-state index contributed by atoms with van der Waals surface area (Å²) in [6, 6.07) is 14.0. The lowest BCUT2D eigenvalue weighted by Crippen LogP contribution is -1.99. The number of halogens is 1. The number of hydrogen-bond donors (Lipinski definition) is 0. The highest BCUT2D eigenvalue weighted by molar-refractivity contribution is 9.10. The lowest BCUT2D eigenvalue weighted by molar-refractivity contribution is 0.300. The molecule has 2 nitrogen and oxygen atoms in total. The zero-order valence-corrected chi connectivity index (χ0v) is 12.7. The van der Waals surface area contributed by atoms with Crippen molar-refractivity contribution in [2.75, 3.05) is 7.11 Å². The Balaban J connectivity index is 2.14. The van der Waals surface area contributed by atoms with Crippen LogP contribution >= 0.6 is 15.9 Å². The number of ether oxygens (including phenoxy) is 2. The summed E-state index contributed by atoms with van der Waals surface area (Å²) < 4.78 is 12.1. The molecular formula is C16H17BrO2. The van der Waals surface area contributed by atoms with E-state index in [0.29, 0.717) is 6.61 Å². The maximum atomic E-state index is 5.94. The molecule has 0 bridgehead atoms. The fourth-order valence-electron chi connectivity index (χ4n) is 1.91. The van der Waals surface area contributed by atoms with Gasteiger partial charge in [0.25, 0.3) is 0 Å². The second kappa shape index (κ2) is 6.62. The van der Waals surface area contributed by atoms with Gasteiger partial charge in [-0.15, -0.1) is 0 Å². The fourth-order valence-corrected chi connectivity index (χ4v) is 2.43. The third-order valence-electron chi connectivity index (χ3n) is 2.95. The van der Waals surface area contributed by atoms with E-state index in [4.69, 9.17) is 9.47 Å². The molecule has 0 spiro atoms. The lowest BCUT2D eigenvalue weighted by Gasteiger charge is -2.12. The largest absolute Gasteiger partial charge is 0.497 e. The van der Waals surface area contributed by atoms with Crippen molar-refractivity contribution in [1.82, 2.24) is 0 Å². The first kappa shape index (κ1) is 13.9. The second-order valence-electron chi connectivity index (χ2n) is 4.22. The zero-order chi connectivity index (χ0) is 13.7. The highest BCUT2D eigenvalue weighted by Gasteiger charge is 2.07. The van der Waals surface area contributed by atoms with Crippen LogP contribution in [0.3, 0.4) is 0 Å². The molecule has 0 atom stereocenters. The van der Waals surface area contributed by atoms with Gasteiger partial charge in [0.2, 0.25) is 0 Å². The molecule has 0 fully saturated rings. The topological polar surface area (TPSA) is 18.5 Å². The van der Waals surface area contributed by atoms with E-state index < -0.39 is 0 Å². The molecule has 0 aliphatic rings. The van der Waals surface area contributed by atoms with E-state index in [1.807, 2.05) is 36.4 Å². The van der Waals surface area contributed by atoms with E-state index in [2.05, 4.69) is 28.9 Å². The van der Waals surface area contributed by atoms with Gasteiger partial charge < -0.3 is 9.47 Å². The molecule has 0 saturated carbocycles. The van der Waals surface area contributed by atoms with Crippen molar-refractivity contribution in [2.45, 2.75) is 20.0 Å². The molecule has 2 aromatic rings. The number of aryl methyl sites for hydroxylation is 1. The van der Waals surface area contributed by atoms with Gasteiger partial charge in [0.1, 0.15) is 18.1 Å². The molecule has 0 aromatic heterocycles. The maximum absolute atomic E-state index is 5.94. The predicted molar refractivity (Wildman–Crippen MR) is 80.8 cm³/mol. The fraction of sp³-hybridized carbons (Fsp3) is 0.250. The van der Waals surface area contributed by atoms with Crippen LogP contribution < -0.4 is 9.47 Å². The van der Waals surface area contributed by atoms with Gasteiger partial charge in [-0.05, 0) is 51.7 Å². The SMILES string of the molecule is CCc1cccc(Br)c1OCc1cccc(OC)c1. The Labute approximate surface area is 122 Å². The summed E-state index contributed by atoms with van der Waals surface area (Å²) in [5, 5.41) is 0. The predicted octanol–water partition coefficient (Wildman–Crippen LogP) is 4.60. The van der Waals surface area contributed by atoms with Crippen molar-refractivity contribution in [3.8, 4) is 11.5 Å². The van der Waals surface area contributed by atoms with Crippen LogP contribution in [-0.4, -0.2) is 7.11 Å². The van der Waals surface area contributed by atoms with Crippen LogP contribution in [0.4, 0.5) is 0 Å². The average molecular weight is 321 g/mol. The molecule has 0 saturated heterocycles. The Kier molecular flexibility index (Phi) is 4.86. The van der Waals surface area contributed by atoms with Crippen LogP contribution in [0.25, 0.3) is 0 Å². The van der Waals surface area contributed by atoms with Crippen molar-refractivity contribution in [3.63, 3.8) is 0 Å². The lowest BCUT2D eigenvalue weighted by atomic mass is 10.1. The Hall–Kier alpha value is -1.48. The number of hydrogen-bond acceptors (Lipinski definition) is 2. The van der Waals surface area contributed by atoms with Gasteiger partial charge in [0, 0.05) is 0 Å². The molecule has 2 rings (SSSR count). The Morgan fingerprint density at radius 2 is 1.89 bits per heavy atom. The first-order valence-electron chi connectivity index (χ1n) is 6.27. The van der Waals surface area contributed by atoms with E-state index in [0.717, 1.165) is 28.0 Å². The van der Waals surface area contributed by atoms with Crippen LogP contribution in [-0.2, 0) is 13.0 Å². The summed E-state index contributed by atoms with van der Waals surface area (Å²) in [7, 11) is 1.67. The smallest absolute Gasteiger partial charge is 0.137 e. The molecule has 0 unspecified atom stereocenters. The zero-order valence-electron chi connectivity index (χ0n) is 11.2. The molecule has 0 radical (unpaired) electrons. The van der Waals surface area contributed by atoms with Gasteiger partial charge in [-0.1, -0.05) is 31.2 Å². The first-order chi connectivity index (χ1) is 9.24. The number of methoxy groups -OCH3 is 1. The van der Waals surface area contributed by atoms with Crippen LogP contribution in [0.1, 0.15) is 18.1 Å². The minimum absolute atomic E-state index is 0.535. The quantitative estimate of drug-likeness (QED) is 0.801. The molecule has 2 aromatic carbocycles. The average Bonchev–Trinajstić information content (AvgIpc) is 2.46. The maximum Gasteiger partial charge on any atom is 0.137 e. The van der Waals surface area contributed by atoms with Crippen LogP contribution in [0.15, 0.2) is 46.9 Å². The van der Waals surface area contributed by atoms with Gasteiger partial charge in [-0.25, -0.2) is 0 Å². The van der Waals surface area contributed by atoms with Crippen molar-refractivity contribution >= 4 is 15.9 Å². The molecule has 3 heteroatoms. The van der Waals surface area contributed by atoms with E-state index in [9.17, 15) is 0 Å². The number of benzene rings is 2. The summed E-state index contributed by atoms with van der Waals surface area (Å²) in [6.45, 7) is 2.66. The van der Waals surface area contributed by atoms with Crippen molar-refractivity contribution in [2.24, 2.45) is 0 Å². The third kappa shape index (κ3) is 3.51. The summed E-state index contributed by atoms with van der Waals surface area (Å²) in [6.07, 6.45) is 0.951. The minimum Gasteiger partial charge on any atom is -0.497 e. The van der Waals surface area contributed by atoms with Crippen LogP contribution in [0.5, 0.6) is 11.5 Å². The Morgan fingerprint density at radius 1 is 1.11 bits per heavy atom. The minimum atomic E-state index is 0.535. The van der Waals surface area contributed by atoms with Gasteiger partial charge in [0.05, 0.1) is 11.6 Å². The standard InChI is InChI=1S/C16H17BrO2/c1-3-13-7-5-9-15(17)16(13)19-11-12-6-4-8-14(10-12)18-2/h4-10H,3,11H2,1-2H3. The number of para-hydroxylation sites is 1. The highest BCUT2D eigenvalue weighted by Crippen LogP contribution is 2.30. The molecule has 19 heavy (non-hydrogen) atoms.